The molecule has 0 amide bonds. The van der Waals surface area contributed by atoms with E-state index in [1.807, 2.05) is 4.90 Å². The minimum atomic E-state index is -3.18. The number of likely N-dealkylation sites (tertiary alicyclic amines) is 1. The second-order valence-electron chi connectivity index (χ2n) is 5.18. The summed E-state index contributed by atoms with van der Waals surface area (Å²) in [5.41, 5.74) is 0.459. The molecule has 0 unspecified atom stereocenters. The van der Waals surface area contributed by atoms with Gasteiger partial charge in [-0.15, -0.1) is 0 Å². The first-order valence-corrected chi connectivity index (χ1v) is 8.36. The summed E-state index contributed by atoms with van der Waals surface area (Å²) in [5.74, 6) is -1.12. The molecule has 7 heteroatoms. The highest BCUT2D eigenvalue weighted by Gasteiger charge is 2.22. The van der Waals surface area contributed by atoms with Gasteiger partial charge in [-0.05, 0) is 18.9 Å². The van der Waals surface area contributed by atoms with Gasteiger partial charge in [0.1, 0.15) is 11.6 Å². The van der Waals surface area contributed by atoms with Gasteiger partial charge in [-0.2, -0.15) is 0 Å². The van der Waals surface area contributed by atoms with Crippen molar-refractivity contribution in [2.24, 2.45) is 0 Å². The molecule has 0 spiro atoms. The molecule has 0 saturated carbocycles. The molecule has 0 atom stereocenters. The number of piperidine rings is 1. The van der Waals surface area contributed by atoms with E-state index in [0.717, 1.165) is 12.3 Å². The van der Waals surface area contributed by atoms with Crippen LogP contribution in [0.25, 0.3) is 0 Å². The summed E-state index contributed by atoms with van der Waals surface area (Å²) < 4.78 is 51.2. The quantitative estimate of drug-likeness (QED) is 0.916. The molecule has 0 radical (unpaired) electrons. The Hall–Kier alpha value is -1.05. The monoisotopic (exact) mass is 304 g/mol. The predicted octanol–water partition coefficient (Wildman–Crippen LogP) is 1.48. The zero-order valence-corrected chi connectivity index (χ0v) is 12.1. The van der Waals surface area contributed by atoms with Gasteiger partial charge >= 0.3 is 0 Å². The van der Waals surface area contributed by atoms with E-state index in [1.165, 1.54) is 12.1 Å². The van der Waals surface area contributed by atoms with Gasteiger partial charge in [0.2, 0.25) is 10.0 Å². The highest BCUT2D eigenvalue weighted by Crippen LogP contribution is 2.17. The summed E-state index contributed by atoms with van der Waals surface area (Å²) >= 11 is 0. The fraction of sp³-hybridized carbons (Fsp3) is 0.538. The van der Waals surface area contributed by atoms with E-state index in [2.05, 4.69) is 4.72 Å². The minimum Gasteiger partial charge on any atom is -0.299 e. The molecular weight excluding hydrogens is 286 g/mol. The maximum atomic E-state index is 13.5. The second kappa shape index (κ2) is 6.15. The number of nitrogens with one attached hydrogen (secondary N) is 1. The van der Waals surface area contributed by atoms with Crippen LogP contribution in [0.2, 0.25) is 0 Å². The second-order valence-corrected chi connectivity index (χ2v) is 6.96. The van der Waals surface area contributed by atoms with Crippen LogP contribution in [0.1, 0.15) is 18.4 Å². The molecule has 1 fully saturated rings. The molecule has 0 bridgehead atoms. The first kappa shape index (κ1) is 15.3. The van der Waals surface area contributed by atoms with E-state index in [4.69, 9.17) is 0 Å². The average Bonchev–Trinajstić information content (AvgIpc) is 2.33. The van der Waals surface area contributed by atoms with Crippen LogP contribution in [-0.4, -0.2) is 38.7 Å². The van der Waals surface area contributed by atoms with Crippen LogP contribution in [0.5, 0.6) is 0 Å². The van der Waals surface area contributed by atoms with Crippen molar-refractivity contribution in [1.82, 2.24) is 9.62 Å². The van der Waals surface area contributed by atoms with E-state index in [1.54, 1.807) is 0 Å². The van der Waals surface area contributed by atoms with Gasteiger partial charge in [0.15, 0.2) is 0 Å². The zero-order valence-electron chi connectivity index (χ0n) is 11.3. The number of halogens is 2. The van der Waals surface area contributed by atoms with Gasteiger partial charge in [0.25, 0.3) is 0 Å². The zero-order chi connectivity index (χ0) is 14.8. The Morgan fingerprint density at radius 1 is 1.30 bits per heavy atom. The molecule has 112 valence electrons. The molecule has 1 aromatic rings. The van der Waals surface area contributed by atoms with Crippen molar-refractivity contribution in [3.8, 4) is 0 Å². The molecule has 1 aliphatic rings. The lowest BCUT2D eigenvalue weighted by Crippen LogP contribution is -2.44. The van der Waals surface area contributed by atoms with Crippen molar-refractivity contribution in [3.63, 3.8) is 0 Å². The summed E-state index contributed by atoms with van der Waals surface area (Å²) in [6.07, 6.45) is 2.53. The van der Waals surface area contributed by atoms with Gasteiger partial charge in [-0.1, -0.05) is 6.07 Å². The van der Waals surface area contributed by atoms with Crippen LogP contribution in [0.3, 0.4) is 0 Å². The lowest BCUT2D eigenvalue weighted by Gasteiger charge is -2.32. The van der Waals surface area contributed by atoms with E-state index in [0.29, 0.717) is 38.0 Å². The lowest BCUT2D eigenvalue weighted by molar-refractivity contribution is 0.198. The van der Waals surface area contributed by atoms with Crippen molar-refractivity contribution < 1.29 is 17.2 Å². The van der Waals surface area contributed by atoms with Crippen molar-refractivity contribution >= 4 is 10.0 Å². The third-order valence-electron chi connectivity index (χ3n) is 3.38. The third kappa shape index (κ3) is 4.50. The highest BCUT2D eigenvalue weighted by atomic mass is 32.2. The molecule has 1 aromatic carbocycles. The average molecular weight is 304 g/mol. The Kier molecular flexibility index (Phi) is 4.72. The first-order chi connectivity index (χ1) is 9.33. The standard InChI is InChI=1S/C13H18F2N2O2S/c1-20(18,19)16-12-4-6-17(7-5-12)9-10-2-3-11(14)8-13(10)15/h2-3,8,12,16H,4-7,9H2,1H3. The maximum Gasteiger partial charge on any atom is 0.208 e. The SMILES string of the molecule is CS(=O)(=O)NC1CCN(Cc2ccc(F)cc2F)CC1. The van der Waals surface area contributed by atoms with Gasteiger partial charge < -0.3 is 0 Å². The Balaban J connectivity index is 1.88. The number of hydrogen-bond acceptors (Lipinski definition) is 3. The third-order valence-corrected chi connectivity index (χ3v) is 4.14. The van der Waals surface area contributed by atoms with E-state index < -0.39 is 21.7 Å². The Morgan fingerprint density at radius 2 is 1.95 bits per heavy atom. The molecule has 4 nitrogen and oxygen atoms in total. The fourth-order valence-corrected chi connectivity index (χ4v) is 3.24. The van der Waals surface area contributed by atoms with Crippen LogP contribution >= 0.6 is 0 Å². The maximum absolute atomic E-state index is 13.5. The van der Waals surface area contributed by atoms with E-state index in [-0.39, 0.29) is 6.04 Å². The molecule has 0 aliphatic carbocycles. The Morgan fingerprint density at radius 3 is 2.50 bits per heavy atom. The Bertz CT molecular complexity index is 570. The van der Waals surface area contributed by atoms with Crippen molar-refractivity contribution in [1.29, 1.82) is 0 Å². The number of sulfonamides is 1. The topological polar surface area (TPSA) is 49.4 Å². The molecule has 1 N–H and O–H groups in total. The highest BCUT2D eigenvalue weighted by molar-refractivity contribution is 7.88. The molecule has 1 heterocycles. The number of hydrogen-bond donors (Lipinski definition) is 1. The number of benzene rings is 1. The minimum absolute atomic E-state index is 0.0562. The molecule has 0 aromatic heterocycles. The van der Waals surface area contributed by atoms with Gasteiger partial charge in [-0.25, -0.2) is 21.9 Å². The largest absolute Gasteiger partial charge is 0.299 e. The predicted molar refractivity (Wildman–Crippen MR) is 72.6 cm³/mol. The molecule has 1 aliphatic heterocycles. The van der Waals surface area contributed by atoms with Crippen LogP contribution in [0, 0.1) is 11.6 Å². The Labute approximate surface area is 117 Å². The van der Waals surface area contributed by atoms with Gasteiger partial charge in [-0.3, -0.25) is 4.90 Å². The van der Waals surface area contributed by atoms with Crippen LogP contribution in [0.4, 0.5) is 8.78 Å². The van der Waals surface area contributed by atoms with Crippen LogP contribution in [-0.2, 0) is 16.6 Å². The lowest BCUT2D eigenvalue weighted by atomic mass is 10.1. The van der Waals surface area contributed by atoms with Crippen molar-refractivity contribution in [2.45, 2.75) is 25.4 Å². The molecule has 20 heavy (non-hydrogen) atoms. The van der Waals surface area contributed by atoms with E-state index in [9.17, 15) is 17.2 Å². The fourth-order valence-electron chi connectivity index (χ4n) is 2.40. The summed E-state index contributed by atoms with van der Waals surface area (Å²) in [4.78, 5) is 2.04. The molecular formula is C13H18F2N2O2S. The number of rotatable bonds is 4. The summed E-state index contributed by atoms with van der Waals surface area (Å²) in [6.45, 7) is 1.78. The normalized spacial score (nSPS) is 18.4. The molecule has 1 saturated heterocycles. The van der Waals surface area contributed by atoms with Crippen LogP contribution in [0.15, 0.2) is 18.2 Å². The summed E-state index contributed by atoms with van der Waals surface area (Å²) in [7, 11) is -3.18. The smallest absolute Gasteiger partial charge is 0.208 e. The van der Waals surface area contributed by atoms with Gasteiger partial charge in [0, 0.05) is 37.3 Å². The number of nitrogens with zero attached hydrogens (tertiary/aromatic N) is 1. The van der Waals surface area contributed by atoms with Crippen molar-refractivity contribution in [3.05, 3.63) is 35.4 Å². The summed E-state index contributed by atoms with van der Waals surface area (Å²) in [5, 5.41) is 0. The summed E-state index contributed by atoms with van der Waals surface area (Å²) in [6, 6.07) is 3.52. The van der Waals surface area contributed by atoms with Crippen LogP contribution < -0.4 is 4.72 Å². The first-order valence-electron chi connectivity index (χ1n) is 6.47. The van der Waals surface area contributed by atoms with Crippen molar-refractivity contribution in [2.75, 3.05) is 19.3 Å². The molecule has 2 rings (SSSR count). The van der Waals surface area contributed by atoms with E-state index >= 15 is 0 Å². The van der Waals surface area contributed by atoms with Gasteiger partial charge in [0.05, 0.1) is 6.26 Å².